The van der Waals surface area contributed by atoms with Gasteiger partial charge in [0.2, 0.25) is 10.0 Å². The Morgan fingerprint density at radius 2 is 1.79 bits per heavy atom. The Balaban J connectivity index is 1.58. The van der Waals surface area contributed by atoms with E-state index in [9.17, 15) is 26.4 Å². The van der Waals surface area contributed by atoms with Crippen LogP contribution in [-0.2, 0) is 14.8 Å². The molecule has 0 heterocycles. The second-order valence-electron chi connectivity index (χ2n) is 8.70. The number of aldehydes is 1. The molecule has 4 fully saturated rings. The molecule has 29 heavy (non-hydrogen) atoms. The van der Waals surface area contributed by atoms with Gasteiger partial charge in [-0.25, -0.2) is 13.1 Å². The van der Waals surface area contributed by atoms with E-state index in [1.807, 2.05) is 0 Å². The smallest absolute Gasteiger partial charge is 0.406 e. The molecule has 0 spiro atoms. The summed E-state index contributed by atoms with van der Waals surface area (Å²) in [5.74, 6) is 0.144. The molecule has 10 heteroatoms. The minimum atomic E-state index is -4.90. The number of nitrogens with one attached hydrogen (secondary N) is 2. The zero-order valence-electron chi connectivity index (χ0n) is 15.7. The van der Waals surface area contributed by atoms with Gasteiger partial charge < -0.3 is 14.8 Å². The van der Waals surface area contributed by atoms with Crippen LogP contribution in [0.3, 0.4) is 0 Å². The Labute approximate surface area is 167 Å². The highest BCUT2D eigenvalue weighted by Crippen LogP contribution is 2.57. The van der Waals surface area contributed by atoms with Gasteiger partial charge in [-0.05, 0) is 62.5 Å². The third-order valence-corrected chi connectivity index (χ3v) is 7.90. The molecule has 4 aliphatic carbocycles. The van der Waals surface area contributed by atoms with Gasteiger partial charge in [-0.1, -0.05) is 6.07 Å². The van der Waals surface area contributed by atoms with Crippen molar-refractivity contribution in [1.82, 2.24) is 10.0 Å². The minimum Gasteiger partial charge on any atom is -0.406 e. The van der Waals surface area contributed by atoms with Crippen LogP contribution < -0.4 is 14.8 Å². The van der Waals surface area contributed by atoms with Crippen LogP contribution in [0.4, 0.5) is 13.2 Å². The molecule has 2 atom stereocenters. The zero-order chi connectivity index (χ0) is 20.9. The quantitative estimate of drug-likeness (QED) is 0.648. The average Bonchev–Trinajstić information content (AvgIpc) is 2.56. The number of ether oxygens (including phenoxy) is 1. The summed E-state index contributed by atoms with van der Waals surface area (Å²) in [5, 5.41) is 3.31. The van der Waals surface area contributed by atoms with E-state index in [0.717, 1.165) is 37.7 Å². The maximum Gasteiger partial charge on any atom is 0.573 e. The number of halogens is 3. The second-order valence-corrected chi connectivity index (χ2v) is 10.4. The van der Waals surface area contributed by atoms with E-state index in [4.69, 9.17) is 0 Å². The predicted molar refractivity (Wildman–Crippen MR) is 97.7 cm³/mol. The first-order valence-electron chi connectivity index (χ1n) is 9.61. The normalized spacial score (nSPS) is 33.6. The van der Waals surface area contributed by atoms with Crippen molar-refractivity contribution in [3.8, 4) is 5.75 Å². The van der Waals surface area contributed by atoms with Crippen LogP contribution in [0.5, 0.6) is 5.75 Å². The van der Waals surface area contributed by atoms with Crippen LogP contribution in [0.1, 0.15) is 38.5 Å². The molecule has 2 unspecified atom stereocenters. The summed E-state index contributed by atoms with van der Waals surface area (Å²) in [5.41, 5.74) is -0.922. The van der Waals surface area contributed by atoms with E-state index in [0.29, 0.717) is 31.1 Å². The van der Waals surface area contributed by atoms with Crippen LogP contribution in [-0.4, -0.2) is 38.7 Å². The fourth-order valence-electron chi connectivity index (χ4n) is 6.03. The van der Waals surface area contributed by atoms with Crippen LogP contribution in [0.15, 0.2) is 29.2 Å². The first kappa shape index (κ1) is 20.6. The van der Waals surface area contributed by atoms with Crippen molar-refractivity contribution in [3.05, 3.63) is 24.3 Å². The van der Waals surface area contributed by atoms with Crippen LogP contribution in [0.2, 0.25) is 0 Å². The Hall–Kier alpha value is -1.65. The molecular weight excluding hydrogens is 409 g/mol. The Bertz CT molecular complexity index is 889. The Kier molecular flexibility index (Phi) is 4.94. The van der Waals surface area contributed by atoms with Crippen molar-refractivity contribution in [2.45, 2.75) is 60.9 Å². The van der Waals surface area contributed by atoms with Gasteiger partial charge in [0.1, 0.15) is 12.0 Å². The lowest BCUT2D eigenvalue weighted by Crippen LogP contribution is -2.69. The van der Waals surface area contributed by atoms with E-state index in [-0.39, 0.29) is 17.0 Å². The first-order valence-corrected chi connectivity index (χ1v) is 11.1. The van der Waals surface area contributed by atoms with E-state index >= 15 is 0 Å². The maximum atomic E-state index is 13.0. The molecule has 0 aliphatic heterocycles. The van der Waals surface area contributed by atoms with Crippen molar-refractivity contribution in [2.75, 3.05) is 6.54 Å². The highest BCUT2D eigenvalue weighted by atomic mass is 32.2. The molecule has 1 aromatic rings. The largest absolute Gasteiger partial charge is 0.573 e. The monoisotopic (exact) mass is 432 g/mol. The first-order chi connectivity index (χ1) is 13.5. The summed E-state index contributed by atoms with van der Waals surface area (Å²) >= 11 is 0. The van der Waals surface area contributed by atoms with Gasteiger partial charge in [-0.15, -0.1) is 13.2 Å². The van der Waals surface area contributed by atoms with Gasteiger partial charge >= 0.3 is 6.36 Å². The molecule has 4 saturated carbocycles. The van der Waals surface area contributed by atoms with Crippen molar-refractivity contribution < 1.29 is 31.1 Å². The molecule has 5 rings (SSSR count). The summed E-state index contributed by atoms with van der Waals surface area (Å²) in [6.07, 6.45) is 0.749. The minimum absolute atomic E-state index is 0.221. The van der Waals surface area contributed by atoms with Crippen LogP contribution in [0.25, 0.3) is 0 Å². The molecule has 0 aromatic heterocycles. The maximum absolute atomic E-state index is 13.0. The molecule has 0 saturated heterocycles. The number of benzene rings is 1. The number of sulfonamides is 1. The van der Waals surface area contributed by atoms with E-state index in [1.165, 1.54) is 12.1 Å². The lowest BCUT2D eigenvalue weighted by atomic mass is 9.50. The van der Waals surface area contributed by atoms with Crippen molar-refractivity contribution in [3.63, 3.8) is 0 Å². The van der Waals surface area contributed by atoms with Crippen molar-refractivity contribution in [1.29, 1.82) is 0 Å². The number of alkyl halides is 3. The second kappa shape index (κ2) is 6.95. The van der Waals surface area contributed by atoms with Crippen LogP contribution >= 0.6 is 0 Å². The van der Waals surface area contributed by atoms with Crippen molar-refractivity contribution >= 4 is 16.3 Å². The van der Waals surface area contributed by atoms with Gasteiger partial charge in [0.15, 0.2) is 0 Å². The number of carbonyl (C=O) groups is 1. The molecule has 4 aliphatic rings. The summed E-state index contributed by atoms with van der Waals surface area (Å²) in [4.78, 5) is 10.6. The number of hydrogen-bond acceptors (Lipinski definition) is 5. The van der Waals surface area contributed by atoms with E-state index in [1.54, 1.807) is 0 Å². The zero-order valence-corrected chi connectivity index (χ0v) is 16.5. The van der Waals surface area contributed by atoms with Crippen molar-refractivity contribution in [2.24, 2.45) is 11.8 Å². The van der Waals surface area contributed by atoms with Gasteiger partial charge in [-0.3, -0.25) is 0 Å². The summed E-state index contributed by atoms with van der Waals surface area (Å²) in [7, 11) is -4.04. The standard InChI is InChI=1S/C19H23F3N2O4S/c20-19(21,22)28-15-2-1-3-16(7-15)29(26,27)24-18-10-13-6-14(11-18)9-17(8-13,12-18)23-4-5-25/h1-3,5,7,13-14,23-24H,4,6,8-12H2. The predicted octanol–water partition coefficient (Wildman–Crippen LogP) is 2.74. The van der Waals surface area contributed by atoms with E-state index in [2.05, 4.69) is 14.8 Å². The molecule has 4 bridgehead atoms. The van der Waals surface area contributed by atoms with E-state index < -0.39 is 27.7 Å². The van der Waals surface area contributed by atoms with Gasteiger partial charge in [-0.2, -0.15) is 0 Å². The summed E-state index contributed by atoms with van der Waals surface area (Å²) < 4.78 is 70.2. The number of rotatable bonds is 7. The van der Waals surface area contributed by atoms with Gasteiger partial charge in [0.25, 0.3) is 0 Å². The Morgan fingerprint density at radius 3 is 2.41 bits per heavy atom. The lowest BCUT2D eigenvalue weighted by molar-refractivity contribution is -0.274. The average molecular weight is 432 g/mol. The Morgan fingerprint density at radius 1 is 1.14 bits per heavy atom. The van der Waals surface area contributed by atoms with Gasteiger partial charge in [0.05, 0.1) is 11.4 Å². The molecule has 2 N–H and O–H groups in total. The third-order valence-electron chi connectivity index (χ3n) is 6.32. The summed E-state index contributed by atoms with van der Waals surface area (Å²) in [6, 6.07) is 4.43. The fraction of sp³-hybridized carbons (Fsp3) is 0.632. The SMILES string of the molecule is O=CCNC12CC3CC(C1)CC(NS(=O)(=O)c1cccc(OC(F)(F)F)c1)(C3)C2. The molecule has 0 amide bonds. The summed E-state index contributed by atoms with van der Waals surface area (Å²) in [6.45, 7) is 0.221. The lowest BCUT2D eigenvalue weighted by Gasteiger charge is -2.62. The topological polar surface area (TPSA) is 84.5 Å². The molecule has 1 aromatic carbocycles. The number of carbonyl (C=O) groups excluding carboxylic acids is 1. The molecule has 160 valence electrons. The molecular formula is C19H23F3N2O4S. The molecule has 6 nitrogen and oxygen atoms in total. The molecule has 0 radical (unpaired) electrons. The third kappa shape index (κ3) is 4.29. The fourth-order valence-corrected chi connectivity index (χ4v) is 7.49. The number of hydrogen-bond donors (Lipinski definition) is 2. The highest BCUT2D eigenvalue weighted by Gasteiger charge is 2.58. The van der Waals surface area contributed by atoms with Crippen LogP contribution in [0, 0.1) is 11.8 Å². The highest BCUT2D eigenvalue weighted by molar-refractivity contribution is 7.89. The van der Waals surface area contributed by atoms with Gasteiger partial charge in [0, 0.05) is 17.1 Å².